The van der Waals surface area contributed by atoms with Crippen molar-refractivity contribution in [2.45, 2.75) is 26.8 Å². The third-order valence-corrected chi connectivity index (χ3v) is 4.37. The van der Waals surface area contributed by atoms with Crippen LogP contribution in [0.2, 0.25) is 0 Å². The van der Waals surface area contributed by atoms with Crippen LogP contribution in [-0.4, -0.2) is 37.4 Å². The summed E-state index contributed by atoms with van der Waals surface area (Å²) in [5, 5.41) is 5.52. The fourth-order valence-corrected chi connectivity index (χ4v) is 2.59. The Morgan fingerprint density at radius 1 is 1.00 bits per heavy atom. The van der Waals surface area contributed by atoms with E-state index in [0.717, 1.165) is 5.69 Å². The van der Waals surface area contributed by atoms with E-state index in [2.05, 4.69) is 10.6 Å². The van der Waals surface area contributed by atoms with E-state index >= 15 is 0 Å². The maximum atomic E-state index is 12.7. The number of carbonyl (C=O) groups excluding carboxylic acids is 3. The molecule has 154 valence electrons. The molecule has 1 unspecified atom stereocenters. The number of nitrogens with zero attached hydrogens (tertiary/aromatic N) is 1. The van der Waals surface area contributed by atoms with Crippen molar-refractivity contribution in [2.75, 3.05) is 23.9 Å². The molecule has 0 radical (unpaired) electrons. The van der Waals surface area contributed by atoms with E-state index in [1.165, 1.54) is 11.8 Å². The first-order valence-corrected chi connectivity index (χ1v) is 9.40. The normalized spacial score (nSPS) is 11.5. The average Bonchev–Trinajstić information content (AvgIpc) is 2.70. The third kappa shape index (κ3) is 6.64. The Kier molecular flexibility index (Phi) is 7.77. The minimum absolute atomic E-state index is 0.0814. The highest BCUT2D eigenvalue weighted by Gasteiger charge is 2.24. The molecular weight excluding hydrogens is 370 g/mol. The van der Waals surface area contributed by atoms with Crippen LogP contribution in [0.3, 0.4) is 0 Å². The summed E-state index contributed by atoms with van der Waals surface area (Å²) < 4.78 is 5.43. The molecule has 2 N–H and O–H groups in total. The summed E-state index contributed by atoms with van der Waals surface area (Å²) in [5.74, 6) is -0.299. The minimum atomic E-state index is -0.707. The molecule has 0 aliphatic heterocycles. The molecule has 29 heavy (non-hydrogen) atoms. The first-order chi connectivity index (χ1) is 13.8. The van der Waals surface area contributed by atoms with Gasteiger partial charge < -0.3 is 20.3 Å². The van der Waals surface area contributed by atoms with E-state index in [-0.39, 0.29) is 30.2 Å². The Labute approximate surface area is 171 Å². The molecule has 0 fully saturated rings. The highest BCUT2D eigenvalue weighted by Crippen LogP contribution is 2.18. The molecule has 1 atom stereocenters. The van der Waals surface area contributed by atoms with Gasteiger partial charge in [-0.1, -0.05) is 32.0 Å². The van der Waals surface area contributed by atoms with Gasteiger partial charge in [0.05, 0.1) is 0 Å². The summed E-state index contributed by atoms with van der Waals surface area (Å²) in [6.45, 7) is 5.01. The fourth-order valence-electron chi connectivity index (χ4n) is 2.59. The van der Waals surface area contributed by atoms with Crippen LogP contribution in [0.15, 0.2) is 54.6 Å². The molecule has 0 heterocycles. The number of hydrogen-bond acceptors (Lipinski definition) is 4. The fraction of sp³-hybridized carbons (Fsp3) is 0.318. The van der Waals surface area contributed by atoms with E-state index < -0.39 is 6.04 Å². The largest absolute Gasteiger partial charge is 0.484 e. The van der Waals surface area contributed by atoms with Crippen molar-refractivity contribution >= 4 is 29.1 Å². The van der Waals surface area contributed by atoms with Crippen LogP contribution in [0.1, 0.15) is 20.8 Å². The molecule has 2 rings (SSSR count). The molecule has 0 aliphatic rings. The smallest absolute Gasteiger partial charge is 0.258 e. The topological polar surface area (TPSA) is 87.7 Å². The van der Waals surface area contributed by atoms with Crippen molar-refractivity contribution in [3.05, 3.63) is 54.6 Å². The first-order valence-electron chi connectivity index (χ1n) is 9.40. The number of carbonyl (C=O) groups is 3. The predicted octanol–water partition coefficient (Wildman–Crippen LogP) is 2.83. The van der Waals surface area contributed by atoms with Crippen LogP contribution in [-0.2, 0) is 14.4 Å². The quantitative estimate of drug-likeness (QED) is 0.717. The summed E-state index contributed by atoms with van der Waals surface area (Å²) in [4.78, 5) is 37.8. The zero-order valence-electron chi connectivity index (χ0n) is 17.1. The number of nitrogens with one attached hydrogen (secondary N) is 2. The molecular formula is C22H27N3O4. The summed E-state index contributed by atoms with van der Waals surface area (Å²) in [6.07, 6.45) is 0. The number of amides is 3. The number of rotatable bonds is 8. The zero-order chi connectivity index (χ0) is 21.4. The van der Waals surface area contributed by atoms with Gasteiger partial charge in [-0.3, -0.25) is 14.4 Å². The van der Waals surface area contributed by atoms with Crippen molar-refractivity contribution in [3.63, 3.8) is 0 Å². The Balaban J connectivity index is 1.94. The molecule has 2 aromatic carbocycles. The lowest BCUT2D eigenvalue weighted by molar-refractivity contribution is -0.128. The molecule has 2 aromatic rings. The molecule has 0 spiro atoms. The van der Waals surface area contributed by atoms with Crippen LogP contribution < -0.4 is 20.3 Å². The first kappa shape index (κ1) is 21.9. The van der Waals surface area contributed by atoms with Crippen LogP contribution in [0.5, 0.6) is 5.75 Å². The van der Waals surface area contributed by atoms with Crippen LogP contribution in [0.4, 0.5) is 11.4 Å². The number of ether oxygens (including phenoxy) is 1. The molecule has 7 nitrogen and oxygen atoms in total. The second-order valence-corrected chi connectivity index (χ2v) is 7.01. The van der Waals surface area contributed by atoms with Gasteiger partial charge in [-0.25, -0.2) is 0 Å². The summed E-state index contributed by atoms with van der Waals surface area (Å²) in [6, 6.07) is 15.2. The van der Waals surface area contributed by atoms with Gasteiger partial charge in [0.1, 0.15) is 11.8 Å². The van der Waals surface area contributed by atoms with Crippen molar-refractivity contribution in [1.29, 1.82) is 0 Å². The Morgan fingerprint density at radius 3 is 2.17 bits per heavy atom. The monoisotopic (exact) mass is 397 g/mol. The van der Waals surface area contributed by atoms with E-state index in [4.69, 9.17) is 4.74 Å². The van der Waals surface area contributed by atoms with Crippen LogP contribution in [0, 0.1) is 5.92 Å². The van der Waals surface area contributed by atoms with Crippen LogP contribution >= 0.6 is 0 Å². The lowest BCUT2D eigenvalue weighted by Gasteiger charge is -2.22. The maximum Gasteiger partial charge on any atom is 0.258 e. The Morgan fingerprint density at radius 2 is 1.62 bits per heavy atom. The minimum Gasteiger partial charge on any atom is -0.484 e. The average molecular weight is 397 g/mol. The highest BCUT2D eigenvalue weighted by atomic mass is 16.5. The number of benzene rings is 2. The van der Waals surface area contributed by atoms with Gasteiger partial charge in [0.15, 0.2) is 6.61 Å². The van der Waals surface area contributed by atoms with Gasteiger partial charge in [0.25, 0.3) is 5.91 Å². The van der Waals surface area contributed by atoms with Crippen molar-refractivity contribution in [2.24, 2.45) is 5.92 Å². The van der Waals surface area contributed by atoms with E-state index in [0.29, 0.717) is 11.4 Å². The van der Waals surface area contributed by atoms with Gasteiger partial charge in [-0.15, -0.1) is 0 Å². The summed E-state index contributed by atoms with van der Waals surface area (Å²) in [5.41, 5.74) is 1.30. The number of anilines is 2. The summed E-state index contributed by atoms with van der Waals surface area (Å²) in [7, 11) is 1.68. The molecule has 0 saturated heterocycles. The SMILES string of the molecule is CC(=O)N(C)c1ccc(NC(=O)C(NC(=O)COc2ccccc2)C(C)C)cc1. The summed E-state index contributed by atoms with van der Waals surface area (Å²) >= 11 is 0. The molecule has 3 amide bonds. The van der Waals surface area contributed by atoms with Gasteiger partial charge in [0, 0.05) is 25.3 Å². The van der Waals surface area contributed by atoms with E-state index in [9.17, 15) is 14.4 Å². The van der Waals surface area contributed by atoms with Crippen molar-refractivity contribution in [3.8, 4) is 5.75 Å². The lowest BCUT2D eigenvalue weighted by Crippen LogP contribution is -2.48. The predicted molar refractivity (Wildman–Crippen MR) is 113 cm³/mol. The Bertz CT molecular complexity index is 835. The molecule has 0 bridgehead atoms. The highest BCUT2D eigenvalue weighted by molar-refractivity contribution is 5.98. The maximum absolute atomic E-state index is 12.7. The molecule has 0 saturated carbocycles. The third-order valence-electron chi connectivity index (χ3n) is 4.37. The van der Waals surface area contributed by atoms with Crippen molar-refractivity contribution in [1.82, 2.24) is 5.32 Å². The lowest BCUT2D eigenvalue weighted by atomic mass is 10.0. The molecule has 7 heteroatoms. The van der Waals surface area contributed by atoms with Crippen molar-refractivity contribution < 1.29 is 19.1 Å². The van der Waals surface area contributed by atoms with Gasteiger partial charge in [-0.05, 0) is 42.3 Å². The standard InChI is InChI=1S/C22H27N3O4/c1-15(2)21(24-20(27)14-29-19-8-6-5-7-9-19)22(28)23-17-10-12-18(13-11-17)25(4)16(3)26/h5-13,15,21H,14H2,1-4H3,(H,23,28)(H,24,27). The molecule has 0 aliphatic carbocycles. The van der Waals surface area contributed by atoms with Gasteiger partial charge >= 0.3 is 0 Å². The van der Waals surface area contributed by atoms with E-state index in [1.807, 2.05) is 32.0 Å². The van der Waals surface area contributed by atoms with Gasteiger partial charge in [-0.2, -0.15) is 0 Å². The van der Waals surface area contributed by atoms with Crippen LogP contribution in [0.25, 0.3) is 0 Å². The number of para-hydroxylation sites is 1. The Hall–Kier alpha value is -3.35. The second-order valence-electron chi connectivity index (χ2n) is 7.01. The second kappa shape index (κ2) is 10.3. The zero-order valence-corrected chi connectivity index (χ0v) is 17.1. The van der Waals surface area contributed by atoms with Gasteiger partial charge in [0.2, 0.25) is 11.8 Å². The van der Waals surface area contributed by atoms with E-state index in [1.54, 1.807) is 43.4 Å². The number of hydrogen-bond donors (Lipinski definition) is 2. The molecule has 0 aromatic heterocycles.